The van der Waals surface area contributed by atoms with Crippen LogP contribution < -0.4 is 0 Å². The molecule has 0 unspecified atom stereocenters. The maximum atomic E-state index is 12.3. The molecule has 1 aromatic carbocycles. The summed E-state index contributed by atoms with van der Waals surface area (Å²) in [7, 11) is -7.20. The van der Waals surface area contributed by atoms with Gasteiger partial charge in [-0.1, -0.05) is 11.6 Å². The molecule has 1 heterocycles. The summed E-state index contributed by atoms with van der Waals surface area (Å²) in [6, 6.07) is 3.17. The van der Waals surface area contributed by atoms with Crippen molar-refractivity contribution >= 4 is 37.1 Å². The van der Waals surface area contributed by atoms with Crippen LogP contribution in [0.4, 0.5) is 5.69 Å². The quantitative estimate of drug-likeness (QED) is 0.582. The molecule has 116 valence electrons. The van der Waals surface area contributed by atoms with Gasteiger partial charge in [-0.15, -0.1) is 0 Å². The molecule has 0 aliphatic carbocycles. The van der Waals surface area contributed by atoms with E-state index in [0.717, 1.165) is 22.5 Å². The number of benzene rings is 1. The zero-order valence-corrected chi connectivity index (χ0v) is 13.0. The maximum absolute atomic E-state index is 12.3. The molecular weight excluding hydrogens is 344 g/mol. The predicted molar refractivity (Wildman–Crippen MR) is 75.5 cm³/mol. The van der Waals surface area contributed by atoms with Crippen molar-refractivity contribution in [3.8, 4) is 0 Å². The molecule has 1 aliphatic heterocycles. The van der Waals surface area contributed by atoms with E-state index in [1.807, 2.05) is 0 Å². The van der Waals surface area contributed by atoms with Crippen molar-refractivity contribution in [2.24, 2.45) is 0 Å². The van der Waals surface area contributed by atoms with Crippen LogP contribution in [0.2, 0.25) is 5.02 Å². The van der Waals surface area contributed by atoms with Crippen molar-refractivity contribution in [2.45, 2.75) is 4.90 Å². The SMILES string of the molecule is O=[N+]([O-])c1cc(S(=O)(=O)N2CCS(=O)(=O)CC2)ccc1Cl. The van der Waals surface area contributed by atoms with E-state index in [2.05, 4.69) is 0 Å². The van der Waals surface area contributed by atoms with Crippen LogP contribution in [0.15, 0.2) is 23.1 Å². The van der Waals surface area contributed by atoms with Crippen LogP contribution >= 0.6 is 11.6 Å². The highest BCUT2D eigenvalue weighted by Gasteiger charge is 2.32. The van der Waals surface area contributed by atoms with Crippen molar-refractivity contribution in [3.63, 3.8) is 0 Å². The van der Waals surface area contributed by atoms with E-state index in [1.165, 1.54) is 0 Å². The average molecular weight is 355 g/mol. The third kappa shape index (κ3) is 3.34. The largest absolute Gasteiger partial charge is 0.289 e. The first-order chi connectivity index (χ1) is 9.63. The smallest absolute Gasteiger partial charge is 0.258 e. The molecule has 8 nitrogen and oxygen atoms in total. The number of rotatable bonds is 3. The fourth-order valence-corrected chi connectivity index (χ4v) is 4.96. The van der Waals surface area contributed by atoms with Gasteiger partial charge < -0.3 is 0 Å². The maximum Gasteiger partial charge on any atom is 0.289 e. The molecule has 1 aromatic rings. The molecule has 0 radical (unpaired) electrons. The number of sulfonamides is 1. The van der Waals surface area contributed by atoms with Crippen molar-refractivity contribution in [3.05, 3.63) is 33.3 Å². The number of hydrogen-bond donors (Lipinski definition) is 0. The fourth-order valence-electron chi connectivity index (χ4n) is 1.88. The minimum Gasteiger partial charge on any atom is -0.258 e. The van der Waals surface area contributed by atoms with Gasteiger partial charge in [0.1, 0.15) is 5.02 Å². The first-order valence-electron chi connectivity index (χ1n) is 5.78. The molecule has 0 spiro atoms. The van der Waals surface area contributed by atoms with Crippen LogP contribution in [0, 0.1) is 10.1 Å². The first kappa shape index (κ1) is 16.1. The number of nitro groups is 1. The van der Waals surface area contributed by atoms with Gasteiger partial charge in [0, 0.05) is 19.2 Å². The second-order valence-corrected chi connectivity index (χ2v) is 9.08. The summed E-state index contributed by atoms with van der Waals surface area (Å²) in [5.74, 6) is -0.524. The molecule has 0 bridgehead atoms. The van der Waals surface area contributed by atoms with E-state index in [9.17, 15) is 26.9 Å². The molecule has 1 saturated heterocycles. The lowest BCUT2D eigenvalue weighted by molar-refractivity contribution is -0.384. The molecule has 1 aliphatic rings. The molecule has 1 fully saturated rings. The summed E-state index contributed by atoms with van der Waals surface area (Å²) < 4.78 is 48.3. The summed E-state index contributed by atoms with van der Waals surface area (Å²) in [6.45, 7) is -0.331. The molecular formula is C10H11ClN2O6S2. The third-order valence-corrected chi connectivity index (χ3v) is 6.88. The normalized spacial score (nSPS) is 19.3. The third-order valence-electron chi connectivity index (χ3n) is 3.06. The topological polar surface area (TPSA) is 115 Å². The van der Waals surface area contributed by atoms with E-state index in [0.29, 0.717) is 0 Å². The Bertz CT molecular complexity index is 776. The van der Waals surface area contributed by atoms with Gasteiger partial charge in [-0.3, -0.25) is 10.1 Å². The number of nitrogens with zero attached hydrogens (tertiary/aromatic N) is 2. The fraction of sp³-hybridized carbons (Fsp3) is 0.400. The number of hydrogen-bond acceptors (Lipinski definition) is 6. The van der Waals surface area contributed by atoms with E-state index in [1.54, 1.807) is 0 Å². The van der Waals surface area contributed by atoms with Gasteiger partial charge in [-0.05, 0) is 12.1 Å². The van der Waals surface area contributed by atoms with Crippen LogP contribution in [-0.4, -0.2) is 50.7 Å². The Morgan fingerprint density at radius 3 is 2.33 bits per heavy atom. The Hall–Kier alpha value is -1.23. The molecule has 0 amide bonds. The molecule has 0 saturated carbocycles. The summed E-state index contributed by atoms with van der Waals surface area (Å²) in [4.78, 5) is 9.74. The lowest BCUT2D eigenvalue weighted by atomic mass is 10.3. The van der Waals surface area contributed by atoms with Crippen molar-refractivity contribution < 1.29 is 21.8 Å². The standard InChI is InChI=1S/C10H11ClN2O6S2/c11-9-2-1-8(7-10(9)13(14)15)21(18,19)12-3-5-20(16,17)6-4-12/h1-2,7H,3-6H2. The zero-order valence-electron chi connectivity index (χ0n) is 10.6. The molecule has 11 heteroatoms. The molecule has 0 atom stereocenters. The Morgan fingerprint density at radius 1 is 1.24 bits per heavy atom. The zero-order chi connectivity index (χ0) is 15.8. The Balaban J connectivity index is 2.37. The second kappa shape index (κ2) is 5.52. The highest BCUT2D eigenvalue weighted by atomic mass is 35.5. The van der Waals surface area contributed by atoms with Crippen LogP contribution in [0.25, 0.3) is 0 Å². The first-order valence-corrected chi connectivity index (χ1v) is 9.42. The van der Waals surface area contributed by atoms with Gasteiger partial charge in [-0.25, -0.2) is 16.8 Å². The van der Waals surface area contributed by atoms with Gasteiger partial charge in [0.25, 0.3) is 5.69 Å². The Kier molecular flexibility index (Phi) is 4.24. The van der Waals surface area contributed by atoms with E-state index in [4.69, 9.17) is 11.6 Å². The van der Waals surface area contributed by atoms with Gasteiger partial charge in [-0.2, -0.15) is 4.31 Å². The number of halogens is 1. The van der Waals surface area contributed by atoms with E-state index < -0.39 is 30.5 Å². The molecule has 0 aromatic heterocycles. The Labute approximate surface area is 126 Å². The second-order valence-electron chi connectivity index (χ2n) is 4.43. The molecule has 21 heavy (non-hydrogen) atoms. The highest BCUT2D eigenvalue weighted by molar-refractivity contribution is 7.92. The summed E-state index contributed by atoms with van der Waals surface area (Å²) >= 11 is 5.64. The van der Waals surface area contributed by atoms with Crippen LogP contribution in [0.5, 0.6) is 0 Å². The van der Waals surface area contributed by atoms with Crippen LogP contribution in [0.3, 0.4) is 0 Å². The van der Waals surface area contributed by atoms with Crippen LogP contribution in [-0.2, 0) is 19.9 Å². The van der Waals surface area contributed by atoms with E-state index >= 15 is 0 Å². The highest BCUT2D eigenvalue weighted by Crippen LogP contribution is 2.28. The summed E-state index contributed by atoms with van der Waals surface area (Å²) in [6.07, 6.45) is 0. The van der Waals surface area contributed by atoms with Gasteiger partial charge in [0.15, 0.2) is 9.84 Å². The van der Waals surface area contributed by atoms with Crippen molar-refractivity contribution in [2.75, 3.05) is 24.6 Å². The lowest BCUT2D eigenvalue weighted by Crippen LogP contribution is -2.43. The molecule has 0 N–H and O–H groups in total. The lowest BCUT2D eigenvalue weighted by Gasteiger charge is -2.25. The Morgan fingerprint density at radius 2 is 1.81 bits per heavy atom. The van der Waals surface area contributed by atoms with Crippen LogP contribution in [0.1, 0.15) is 0 Å². The number of nitro benzene ring substituents is 1. The van der Waals surface area contributed by atoms with Gasteiger partial charge in [0.2, 0.25) is 10.0 Å². The monoisotopic (exact) mass is 354 g/mol. The minimum absolute atomic E-state index is 0.166. The van der Waals surface area contributed by atoms with Crippen molar-refractivity contribution in [1.82, 2.24) is 4.31 Å². The number of sulfone groups is 1. The summed E-state index contributed by atoms with van der Waals surface area (Å²) in [5.41, 5.74) is -0.512. The summed E-state index contributed by atoms with van der Waals surface area (Å²) in [5, 5.41) is 10.6. The van der Waals surface area contributed by atoms with Gasteiger partial charge >= 0.3 is 0 Å². The predicted octanol–water partition coefficient (Wildman–Crippen LogP) is 0.667. The van der Waals surface area contributed by atoms with Gasteiger partial charge in [0.05, 0.1) is 21.3 Å². The average Bonchev–Trinajstić information content (AvgIpc) is 2.38. The minimum atomic E-state index is -3.98. The molecule has 2 rings (SSSR count). The van der Waals surface area contributed by atoms with E-state index in [-0.39, 0.29) is 34.5 Å². The van der Waals surface area contributed by atoms with Crippen molar-refractivity contribution in [1.29, 1.82) is 0 Å².